The molecule has 0 fully saturated rings. The fourth-order valence-corrected chi connectivity index (χ4v) is 5.59. The third kappa shape index (κ3) is 4.88. The number of aromatic nitrogens is 1. The number of methoxy groups -OCH3 is 3. The second-order valence-electron chi connectivity index (χ2n) is 7.96. The van der Waals surface area contributed by atoms with Crippen LogP contribution in [0.2, 0.25) is 0 Å². The van der Waals surface area contributed by atoms with Crippen molar-refractivity contribution in [2.45, 2.75) is 19.9 Å². The van der Waals surface area contributed by atoms with E-state index in [-0.39, 0.29) is 29.2 Å². The molecule has 0 amide bonds. The number of allylic oxidation sites excluding steroid dienone is 1. The first-order valence-electron chi connectivity index (χ1n) is 11.2. The van der Waals surface area contributed by atoms with Crippen LogP contribution in [-0.2, 0) is 9.53 Å². The summed E-state index contributed by atoms with van der Waals surface area (Å²) in [7, 11) is 4.50. The van der Waals surface area contributed by atoms with Gasteiger partial charge in [-0.15, -0.1) is 0 Å². The first-order chi connectivity index (χ1) is 17.7. The van der Waals surface area contributed by atoms with Crippen LogP contribution in [0, 0.1) is 0 Å². The van der Waals surface area contributed by atoms with Crippen molar-refractivity contribution >= 4 is 39.3 Å². The molecule has 2 heterocycles. The van der Waals surface area contributed by atoms with Crippen LogP contribution in [0.3, 0.4) is 0 Å². The highest BCUT2D eigenvalue weighted by Crippen LogP contribution is 2.36. The van der Waals surface area contributed by atoms with Gasteiger partial charge in [0.15, 0.2) is 27.8 Å². The van der Waals surface area contributed by atoms with Gasteiger partial charge in [0.25, 0.3) is 5.56 Å². The Kier molecular flexibility index (Phi) is 7.74. The molecule has 1 atom stereocenters. The van der Waals surface area contributed by atoms with Crippen molar-refractivity contribution in [3.63, 3.8) is 0 Å². The lowest BCUT2D eigenvalue weighted by atomic mass is 9.95. The first kappa shape index (κ1) is 26.5. The summed E-state index contributed by atoms with van der Waals surface area (Å²) in [6.45, 7) is 3.62. The maximum atomic E-state index is 13.8. The summed E-state index contributed by atoms with van der Waals surface area (Å²) < 4.78 is 23.8. The Labute approximate surface area is 225 Å². The monoisotopic (exact) mass is 588 g/mol. The normalized spacial score (nSPS) is 15.2. The van der Waals surface area contributed by atoms with Crippen LogP contribution < -0.4 is 29.1 Å². The van der Waals surface area contributed by atoms with Crippen molar-refractivity contribution in [3.8, 4) is 23.0 Å². The highest BCUT2D eigenvalue weighted by atomic mass is 79.9. The molecular formula is C26H25BrN2O7S. The number of ether oxygens (including phenoxy) is 4. The van der Waals surface area contributed by atoms with E-state index in [1.807, 2.05) is 0 Å². The van der Waals surface area contributed by atoms with Crippen molar-refractivity contribution < 1.29 is 28.8 Å². The van der Waals surface area contributed by atoms with Gasteiger partial charge in [-0.1, -0.05) is 33.3 Å². The number of hydrogen-bond acceptors (Lipinski definition) is 9. The SMILES string of the molecule is CCOC(=O)C1=C(C)N=c2s/c(=C/c3cc(OC)c(O)cc3Br)c(=O)n2[C@@H]1c1ccc(OC)c(OC)c1. The van der Waals surface area contributed by atoms with Crippen LogP contribution in [0.1, 0.15) is 31.0 Å². The molecular weight excluding hydrogens is 564 g/mol. The van der Waals surface area contributed by atoms with E-state index in [0.29, 0.717) is 42.1 Å². The molecule has 0 unspecified atom stereocenters. The van der Waals surface area contributed by atoms with Crippen molar-refractivity contribution in [2.24, 2.45) is 4.99 Å². The van der Waals surface area contributed by atoms with E-state index >= 15 is 0 Å². The number of thiazole rings is 1. The van der Waals surface area contributed by atoms with Crippen molar-refractivity contribution in [1.82, 2.24) is 4.57 Å². The number of rotatable bonds is 7. The van der Waals surface area contributed by atoms with Crippen LogP contribution in [0.25, 0.3) is 6.08 Å². The predicted molar refractivity (Wildman–Crippen MR) is 142 cm³/mol. The van der Waals surface area contributed by atoms with E-state index in [2.05, 4.69) is 20.9 Å². The molecule has 0 radical (unpaired) electrons. The average Bonchev–Trinajstić information content (AvgIpc) is 3.18. The average molecular weight is 589 g/mol. The first-order valence-corrected chi connectivity index (χ1v) is 12.8. The van der Waals surface area contributed by atoms with Gasteiger partial charge in [0.05, 0.1) is 49.8 Å². The molecule has 1 N–H and O–H groups in total. The number of hydrogen-bond donors (Lipinski definition) is 1. The van der Waals surface area contributed by atoms with Gasteiger partial charge < -0.3 is 24.1 Å². The Balaban J connectivity index is 1.98. The molecule has 3 aromatic rings. The summed E-state index contributed by atoms with van der Waals surface area (Å²) in [5.41, 5.74) is 1.65. The number of phenolic OH excluding ortho intramolecular Hbond substituents is 1. The zero-order chi connectivity index (χ0) is 26.9. The standard InChI is InChI=1S/C26H25BrN2O7S/c1-6-36-25(32)22-13(2)28-26-29(23(22)14-7-8-18(33-3)20(9-14)35-5)24(31)21(37-26)11-15-10-19(34-4)17(30)12-16(15)27/h7-12,23,30H,6H2,1-5H3/b21-11+/t23-/m1/s1. The largest absolute Gasteiger partial charge is 0.504 e. The summed E-state index contributed by atoms with van der Waals surface area (Å²) in [4.78, 5) is 31.9. The fourth-order valence-electron chi connectivity index (χ4n) is 4.10. The third-order valence-corrected chi connectivity index (χ3v) is 7.49. The molecule has 0 saturated heterocycles. The zero-order valence-corrected chi connectivity index (χ0v) is 23.2. The van der Waals surface area contributed by atoms with Crippen LogP contribution in [0.15, 0.2) is 55.9 Å². The molecule has 1 aliphatic heterocycles. The van der Waals surface area contributed by atoms with Crippen molar-refractivity contribution in [1.29, 1.82) is 0 Å². The fraction of sp³-hybridized carbons (Fsp3) is 0.269. The molecule has 0 spiro atoms. The highest BCUT2D eigenvalue weighted by molar-refractivity contribution is 9.10. The molecule has 1 aromatic heterocycles. The summed E-state index contributed by atoms with van der Waals surface area (Å²) >= 11 is 4.62. The Morgan fingerprint density at radius 2 is 1.84 bits per heavy atom. The van der Waals surface area contributed by atoms with E-state index in [1.165, 1.54) is 43.3 Å². The third-order valence-electron chi connectivity index (χ3n) is 5.83. The second-order valence-corrected chi connectivity index (χ2v) is 9.83. The van der Waals surface area contributed by atoms with Crippen molar-refractivity contribution in [3.05, 3.63) is 76.9 Å². The molecule has 2 aromatic carbocycles. The number of nitrogens with zero attached hydrogens (tertiary/aromatic N) is 2. The van der Waals surface area contributed by atoms with E-state index in [1.54, 1.807) is 44.2 Å². The number of esters is 1. The minimum Gasteiger partial charge on any atom is -0.504 e. The van der Waals surface area contributed by atoms with Gasteiger partial charge in [-0.2, -0.15) is 0 Å². The topological polar surface area (TPSA) is 109 Å². The second kappa shape index (κ2) is 10.8. The van der Waals surface area contributed by atoms with Crippen LogP contribution in [0.5, 0.6) is 23.0 Å². The summed E-state index contributed by atoms with van der Waals surface area (Å²) in [5.74, 6) is 0.661. The van der Waals surface area contributed by atoms with Crippen LogP contribution in [0.4, 0.5) is 0 Å². The smallest absolute Gasteiger partial charge is 0.338 e. The molecule has 0 bridgehead atoms. The van der Waals surface area contributed by atoms with Gasteiger partial charge in [-0.25, -0.2) is 9.79 Å². The minimum absolute atomic E-state index is 0.0314. The maximum absolute atomic E-state index is 13.8. The van der Waals surface area contributed by atoms with Gasteiger partial charge in [0.1, 0.15) is 0 Å². The lowest BCUT2D eigenvalue weighted by Crippen LogP contribution is -2.40. The number of carbonyl (C=O) groups is 1. The van der Waals surface area contributed by atoms with E-state index in [9.17, 15) is 14.7 Å². The predicted octanol–water partition coefficient (Wildman–Crippen LogP) is 3.29. The number of phenols is 1. The summed E-state index contributed by atoms with van der Waals surface area (Å²) in [6, 6.07) is 7.57. The molecule has 0 saturated carbocycles. The molecule has 11 heteroatoms. The number of aromatic hydroxyl groups is 1. The Morgan fingerprint density at radius 3 is 2.49 bits per heavy atom. The Hall–Kier alpha value is -3.57. The highest BCUT2D eigenvalue weighted by Gasteiger charge is 2.34. The van der Waals surface area contributed by atoms with Gasteiger partial charge >= 0.3 is 5.97 Å². The van der Waals surface area contributed by atoms with Crippen molar-refractivity contribution in [2.75, 3.05) is 27.9 Å². The Bertz CT molecular complexity index is 1590. The van der Waals surface area contributed by atoms with Gasteiger partial charge in [-0.3, -0.25) is 9.36 Å². The molecule has 37 heavy (non-hydrogen) atoms. The van der Waals surface area contributed by atoms with Crippen LogP contribution >= 0.6 is 27.3 Å². The molecule has 4 rings (SSSR count). The molecule has 194 valence electrons. The number of benzene rings is 2. The lowest BCUT2D eigenvalue weighted by molar-refractivity contribution is -0.139. The number of halogens is 1. The Morgan fingerprint density at radius 1 is 1.14 bits per heavy atom. The molecule has 9 nitrogen and oxygen atoms in total. The summed E-state index contributed by atoms with van der Waals surface area (Å²) in [5, 5.41) is 10.0. The quantitative estimate of drug-likeness (QED) is 0.422. The molecule has 1 aliphatic rings. The minimum atomic E-state index is -0.796. The lowest BCUT2D eigenvalue weighted by Gasteiger charge is -2.25. The summed E-state index contributed by atoms with van der Waals surface area (Å²) in [6.07, 6.45) is 1.69. The van der Waals surface area contributed by atoms with Crippen LogP contribution in [-0.4, -0.2) is 43.6 Å². The van der Waals surface area contributed by atoms with E-state index < -0.39 is 12.0 Å². The van der Waals surface area contributed by atoms with E-state index in [4.69, 9.17) is 18.9 Å². The van der Waals surface area contributed by atoms with E-state index in [0.717, 1.165) is 0 Å². The van der Waals surface area contributed by atoms with Gasteiger partial charge in [0, 0.05) is 4.47 Å². The van der Waals surface area contributed by atoms with Gasteiger partial charge in [-0.05, 0) is 55.3 Å². The number of carbonyl (C=O) groups excluding carboxylic acids is 1. The maximum Gasteiger partial charge on any atom is 0.338 e. The zero-order valence-electron chi connectivity index (χ0n) is 20.8. The number of fused-ring (bicyclic) bond motifs is 1. The van der Waals surface area contributed by atoms with Gasteiger partial charge in [0.2, 0.25) is 0 Å². The molecule has 0 aliphatic carbocycles.